The van der Waals surface area contributed by atoms with Gasteiger partial charge in [0, 0.05) is 44.5 Å². The first-order valence-corrected chi connectivity index (χ1v) is 8.30. The second-order valence-electron chi connectivity index (χ2n) is 7.14. The summed E-state index contributed by atoms with van der Waals surface area (Å²) >= 11 is 0. The monoisotopic (exact) mass is 282 g/mol. The van der Waals surface area contributed by atoms with Gasteiger partial charge in [-0.05, 0) is 52.5 Å². The molecular formula is C16H30N2O2. The van der Waals surface area contributed by atoms with Crippen LogP contribution in [0.1, 0.15) is 45.4 Å². The topological polar surface area (TPSA) is 33.7 Å². The molecule has 0 bridgehead atoms. The Kier molecular flexibility index (Phi) is 4.37. The minimum atomic E-state index is 0.130. The van der Waals surface area contributed by atoms with Crippen molar-refractivity contribution in [3.05, 3.63) is 0 Å². The minimum Gasteiger partial charge on any atom is -0.381 e. The molecular weight excluding hydrogens is 252 g/mol. The minimum absolute atomic E-state index is 0.130. The molecule has 0 saturated carbocycles. The molecule has 0 amide bonds. The van der Waals surface area contributed by atoms with Crippen molar-refractivity contribution in [1.82, 2.24) is 10.2 Å². The van der Waals surface area contributed by atoms with E-state index in [-0.39, 0.29) is 5.60 Å². The Morgan fingerprint density at radius 3 is 2.40 bits per heavy atom. The molecule has 1 spiro atoms. The van der Waals surface area contributed by atoms with E-state index in [2.05, 4.69) is 24.2 Å². The van der Waals surface area contributed by atoms with Crippen LogP contribution in [0.25, 0.3) is 0 Å². The Labute approximate surface area is 123 Å². The van der Waals surface area contributed by atoms with Crippen LogP contribution in [0.4, 0.5) is 0 Å². The molecule has 4 heteroatoms. The molecule has 1 atom stereocenters. The summed E-state index contributed by atoms with van der Waals surface area (Å²) in [6, 6.07) is 0.725. The van der Waals surface area contributed by atoms with E-state index in [0.717, 1.165) is 38.7 Å². The Hall–Kier alpha value is -0.160. The van der Waals surface area contributed by atoms with Gasteiger partial charge in [0.05, 0.1) is 5.60 Å². The lowest BCUT2D eigenvalue weighted by Gasteiger charge is -2.49. The van der Waals surface area contributed by atoms with Gasteiger partial charge in [-0.3, -0.25) is 0 Å². The maximum Gasteiger partial charge on any atom is 0.0741 e. The van der Waals surface area contributed by atoms with E-state index < -0.39 is 0 Å². The van der Waals surface area contributed by atoms with Gasteiger partial charge in [-0.25, -0.2) is 0 Å². The fraction of sp³-hybridized carbons (Fsp3) is 1.00. The summed E-state index contributed by atoms with van der Waals surface area (Å²) < 4.78 is 11.7. The van der Waals surface area contributed by atoms with Gasteiger partial charge in [0.2, 0.25) is 0 Å². The predicted molar refractivity (Wildman–Crippen MR) is 80.0 cm³/mol. The first-order valence-electron chi connectivity index (χ1n) is 8.30. The molecule has 0 radical (unpaired) electrons. The van der Waals surface area contributed by atoms with Crippen molar-refractivity contribution in [2.45, 2.75) is 62.6 Å². The number of nitrogens with one attached hydrogen (secondary N) is 1. The number of nitrogens with zero attached hydrogens (tertiary/aromatic N) is 1. The first-order chi connectivity index (χ1) is 9.65. The first kappa shape index (κ1) is 14.8. The Balaban J connectivity index is 1.58. The third-order valence-electron chi connectivity index (χ3n) is 5.89. The van der Waals surface area contributed by atoms with Gasteiger partial charge in [-0.1, -0.05) is 0 Å². The summed E-state index contributed by atoms with van der Waals surface area (Å²) in [4.78, 5) is 2.72. The highest BCUT2D eigenvalue weighted by molar-refractivity contribution is 4.96. The fourth-order valence-corrected chi connectivity index (χ4v) is 4.04. The molecule has 3 saturated heterocycles. The summed E-state index contributed by atoms with van der Waals surface area (Å²) in [5.41, 5.74) is 0.475. The van der Waals surface area contributed by atoms with Crippen molar-refractivity contribution in [3.8, 4) is 0 Å². The van der Waals surface area contributed by atoms with Crippen LogP contribution in [-0.2, 0) is 9.47 Å². The van der Waals surface area contributed by atoms with Gasteiger partial charge >= 0.3 is 0 Å². The van der Waals surface area contributed by atoms with Crippen LogP contribution in [0.2, 0.25) is 0 Å². The highest BCUT2D eigenvalue weighted by atomic mass is 16.5. The van der Waals surface area contributed by atoms with Gasteiger partial charge in [0.1, 0.15) is 0 Å². The molecule has 3 aliphatic rings. The fourth-order valence-electron chi connectivity index (χ4n) is 4.04. The maximum absolute atomic E-state index is 6.17. The summed E-state index contributed by atoms with van der Waals surface area (Å²) in [5, 5.41) is 3.49. The van der Waals surface area contributed by atoms with Crippen LogP contribution in [0, 0.1) is 0 Å². The van der Waals surface area contributed by atoms with E-state index in [4.69, 9.17) is 9.47 Å². The SMILES string of the molecule is CNC1(C)CCN(C2CCOC3(CCOCC3)C2)CC1. The molecule has 1 N–H and O–H groups in total. The van der Waals surface area contributed by atoms with Gasteiger partial charge < -0.3 is 19.7 Å². The molecule has 0 aromatic heterocycles. The average molecular weight is 282 g/mol. The van der Waals surface area contributed by atoms with Crippen LogP contribution in [0.5, 0.6) is 0 Å². The highest BCUT2D eigenvalue weighted by Gasteiger charge is 2.42. The molecule has 20 heavy (non-hydrogen) atoms. The van der Waals surface area contributed by atoms with E-state index >= 15 is 0 Å². The molecule has 3 aliphatic heterocycles. The smallest absolute Gasteiger partial charge is 0.0741 e. The van der Waals surface area contributed by atoms with Gasteiger partial charge in [0.15, 0.2) is 0 Å². The predicted octanol–water partition coefficient (Wildman–Crippen LogP) is 1.79. The average Bonchev–Trinajstić information content (AvgIpc) is 2.49. The second kappa shape index (κ2) is 5.91. The van der Waals surface area contributed by atoms with Crippen molar-refractivity contribution in [2.75, 3.05) is 40.0 Å². The van der Waals surface area contributed by atoms with Gasteiger partial charge in [-0.2, -0.15) is 0 Å². The third kappa shape index (κ3) is 3.03. The number of ether oxygens (including phenoxy) is 2. The summed E-state index contributed by atoms with van der Waals surface area (Å²) in [5.74, 6) is 0. The van der Waals surface area contributed by atoms with Crippen LogP contribution < -0.4 is 5.32 Å². The summed E-state index contributed by atoms with van der Waals surface area (Å²) in [6.45, 7) is 7.51. The van der Waals surface area contributed by atoms with Crippen LogP contribution >= 0.6 is 0 Å². The van der Waals surface area contributed by atoms with E-state index in [9.17, 15) is 0 Å². The molecule has 3 rings (SSSR count). The summed E-state index contributed by atoms with van der Waals surface area (Å²) in [6.07, 6.45) is 7.12. The zero-order valence-electron chi connectivity index (χ0n) is 13.1. The number of likely N-dealkylation sites (tertiary alicyclic amines) is 1. The van der Waals surface area contributed by atoms with Crippen LogP contribution in [0.3, 0.4) is 0 Å². The zero-order valence-corrected chi connectivity index (χ0v) is 13.1. The van der Waals surface area contributed by atoms with Crippen molar-refractivity contribution in [1.29, 1.82) is 0 Å². The van der Waals surface area contributed by atoms with Crippen LogP contribution in [0.15, 0.2) is 0 Å². The molecule has 3 heterocycles. The molecule has 1 unspecified atom stereocenters. The number of rotatable bonds is 2. The third-order valence-corrected chi connectivity index (χ3v) is 5.89. The Morgan fingerprint density at radius 2 is 1.75 bits per heavy atom. The van der Waals surface area contributed by atoms with E-state index in [1.54, 1.807) is 0 Å². The van der Waals surface area contributed by atoms with Crippen molar-refractivity contribution in [3.63, 3.8) is 0 Å². The molecule has 4 nitrogen and oxygen atoms in total. The van der Waals surface area contributed by atoms with E-state index in [1.807, 2.05) is 0 Å². The molecule has 3 fully saturated rings. The molecule has 0 aromatic carbocycles. The van der Waals surface area contributed by atoms with Crippen molar-refractivity contribution < 1.29 is 9.47 Å². The van der Waals surface area contributed by atoms with Crippen molar-refractivity contribution >= 4 is 0 Å². The van der Waals surface area contributed by atoms with Crippen LogP contribution in [-0.4, -0.2) is 62.0 Å². The maximum atomic E-state index is 6.17. The summed E-state index contributed by atoms with van der Waals surface area (Å²) in [7, 11) is 2.10. The molecule has 116 valence electrons. The second-order valence-corrected chi connectivity index (χ2v) is 7.14. The molecule has 0 aromatic rings. The quantitative estimate of drug-likeness (QED) is 0.837. The largest absolute Gasteiger partial charge is 0.381 e. The standard InChI is InChI=1S/C16H30N2O2/c1-15(17-2)4-8-18(9-5-15)14-3-10-20-16(13-14)6-11-19-12-7-16/h14,17H,3-13H2,1-2H3. The molecule has 0 aliphatic carbocycles. The lowest BCUT2D eigenvalue weighted by molar-refractivity contribution is -0.153. The lowest BCUT2D eigenvalue weighted by atomic mass is 9.82. The normalized spacial score (nSPS) is 34.2. The Bertz CT molecular complexity index is 315. The number of hydrogen-bond donors (Lipinski definition) is 1. The van der Waals surface area contributed by atoms with Gasteiger partial charge in [0.25, 0.3) is 0 Å². The highest BCUT2D eigenvalue weighted by Crippen LogP contribution is 2.37. The van der Waals surface area contributed by atoms with E-state index in [0.29, 0.717) is 5.54 Å². The number of hydrogen-bond acceptors (Lipinski definition) is 4. The zero-order chi connectivity index (χ0) is 14.1. The van der Waals surface area contributed by atoms with E-state index in [1.165, 1.54) is 38.8 Å². The lowest BCUT2D eigenvalue weighted by Crippen LogP contribution is -2.56. The Morgan fingerprint density at radius 1 is 1.05 bits per heavy atom. The van der Waals surface area contributed by atoms with Crippen molar-refractivity contribution in [2.24, 2.45) is 0 Å². The number of piperidine rings is 1. The van der Waals surface area contributed by atoms with Gasteiger partial charge in [-0.15, -0.1) is 0 Å².